The predicted molar refractivity (Wildman–Crippen MR) is 82.5 cm³/mol. The van der Waals surface area contributed by atoms with Gasteiger partial charge in [-0.15, -0.1) is 0 Å². The second-order valence-corrected chi connectivity index (χ2v) is 5.32. The number of fused-ring (bicyclic) bond motifs is 1. The van der Waals surface area contributed by atoms with Gasteiger partial charge in [0.05, 0.1) is 10.7 Å². The van der Waals surface area contributed by atoms with Gasteiger partial charge in [-0.2, -0.15) is 0 Å². The van der Waals surface area contributed by atoms with E-state index in [0.717, 1.165) is 4.57 Å². The minimum absolute atomic E-state index is 0.215. The standard InChI is InChI=1S/C13H9ClN4O2S/c1-21-12-15-6-7-10(16-12)17-13(20)18(11(7)19)9-5-3-2-4-8(9)14/h2-6H,1H3,(H,15,16,17,20). The van der Waals surface area contributed by atoms with Crippen LogP contribution in [0.5, 0.6) is 0 Å². The molecule has 1 aromatic carbocycles. The Morgan fingerprint density at radius 2 is 2.05 bits per heavy atom. The minimum atomic E-state index is -0.591. The third-order valence-electron chi connectivity index (χ3n) is 2.90. The lowest BCUT2D eigenvalue weighted by atomic mass is 10.3. The summed E-state index contributed by atoms with van der Waals surface area (Å²) in [6.45, 7) is 0. The SMILES string of the molecule is CSc1ncc2c(=O)n(-c3ccccc3Cl)c(=O)[nH]c2n1. The molecular weight excluding hydrogens is 312 g/mol. The van der Waals surface area contributed by atoms with Gasteiger partial charge in [-0.05, 0) is 18.4 Å². The number of hydrogen-bond acceptors (Lipinski definition) is 5. The first-order valence-corrected chi connectivity index (χ1v) is 7.53. The molecule has 0 saturated carbocycles. The van der Waals surface area contributed by atoms with Crippen molar-refractivity contribution in [2.24, 2.45) is 0 Å². The number of rotatable bonds is 2. The first-order valence-electron chi connectivity index (χ1n) is 5.93. The van der Waals surface area contributed by atoms with Crippen LogP contribution in [-0.4, -0.2) is 25.8 Å². The van der Waals surface area contributed by atoms with Gasteiger partial charge in [-0.25, -0.2) is 19.3 Å². The van der Waals surface area contributed by atoms with Crippen LogP contribution in [-0.2, 0) is 0 Å². The molecule has 106 valence electrons. The van der Waals surface area contributed by atoms with E-state index >= 15 is 0 Å². The molecular formula is C13H9ClN4O2S. The highest BCUT2D eigenvalue weighted by Gasteiger charge is 2.13. The van der Waals surface area contributed by atoms with Crippen molar-refractivity contribution < 1.29 is 0 Å². The maximum absolute atomic E-state index is 12.5. The highest BCUT2D eigenvalue weighted by atomic mass is 35.5. The Morgan fingerprint density at radius 1 is 1.29 bits per heavy atom. The van der Waals surface area contributed by atoms with Crippen molar-refractivity contribution in [1.29, 1.82) is 0 Å². The molecule has 0 bridgehead atoms. The summed E-state index contributed by atoms with van der Waals surface area (Å²) in [6.07, 6.45) is 3.21. The highest BCUT2D eigenvalue weighted by molar-refractivity contribution is 7.98. The third-order valence-corrected chi connectivity index (χ3v) is 3.79. The van der Waals surface area contributed by atoms with Crippen LogP contribution >= 0.6 is 23.4 Å². The zero-order valence-electron chi connectivity index (χ0n) is 10.8. The zero-order valence-corrected chi connectivity index (χ0v) is 12.4. The number of nitrogens with zero attached hydrogens (tertiary/aromatic N) is 3. The van der Waals surface area contributed by atoms with E-state index in [4.69, 9.17) is 11.6 Å². The van der Waals surface area contributed by atoms with Crippen LogP contribution in [0.3, 0.4) is 0 Å². The third kappa shape index (κ3) is 2.34. The molecule has 1 N–H and O–H groups in total. The Bertz CT molecular complexity index is 951. The largest absolute Gasteiger partial charge is 0.334 e. The van der Waals surface area contributed by atoms with Gasteiger partial charge in [0.1, 0.15) is 5.39 Å². The summed E-state index contributed by atoms with van der Waals surface area (Å²) in [7, 11) is 0. The van der Waals surface area contributed by atoms with Crippen molar-refractivity contribution in [3.8, 4) is 5.69 Å². The summed E-state index contributed by atoms with van der Waals surface area (Å²) in [5, 5.41) is 1.02. The average Bonchev–Trinajstić information content (AvgIpc) is 2.48. The fraction of sp³-hybridized carbons (Fsp3) is 0.0769. The lowest BCUT2D eigenvalue weighted by Gasteiger charge is -2.07. The fourth-order valence-electron chi connectivity index (χ4n) is 1.94. The van der Waals surface area contributed by atoms with Gasteiger partial charge < -0.3 is 0 Å². The molecule has 0 aliphatic rings. The normalized spacial score (nSPS) is 11.0. The number of hydrogen-bond donors (Lipinski definition) is 1. The van der Waals surface area contributed by atoms with E-state index in [-0.39, 0.29) is 11.0 Å². The zero-order chi connectivity index (χ0) is 15.0. The Balaban J connectivity index is 2.39. The first kappa shape index (κ1) is 13.8. The summed E-state index contributed by atoms with van der Waals surface area (Å²) >= 11 is 7.38. The smallest absolute Gasteiger partial charge is 0.291 e. The van der Waals surface area contributed by atoms with E-state index in [0.29, 0.717) is 15.9 Å². The topological polar surface area (TPSA) is 80.6 Å². The quantitative estimate of drug-likeness (QED) is 0.575. The van der Waals surface area contributed by atoms with Crippen LogP contribution in [0.2, 0.25) is 5.02 Å². The molecule has 0 aliphatic carbocycles. The number of nitrogens with one attached hydrogen (secondary N) is 1. The molecule has 6 nitrogen and oxygen atoms in total. The van der Waals surface area contributed by atoms with Crippen LogP contribution in [0.25, 0.3) is 16.7 Å². The van der Waals surface area contributed by atoms with Gasteiger partial charge in [0.15, 0.2) is 10.8 Å². The second kappa shape index (κ2) is 5.34. The first-order chi connectivity index (χ1) is 10.1. The van der Waals surface area contributed by atoms with Gasteiger partial charge in [-0.1, -0.05) is 35.5 Å². The molecule has 0 radical (unpaired) electrons. The fourth-order valence-corrected chi connectivity index (χ4v) is 2.50. The summed E-state index contributed by atoms with van der Waals surface area (Å²) in [4.78, 5) is 35.4. The van der Waals surface area contributed by atoms with E-state index in [9.17, 15) is 9.59 Å². The molecule has 2 heterocycles. The van der Waals surface area contributed by atoms with Crippen LogP contribution < -0.4 is 11.2 Å². The van der Waals surface area contributed by atoms with Gasteiger partial charge in [0.25, 0.3) is 5.56 Å². The van der Waals surface area contributed by atoms with Crippen molar-refractivity contribution in [1.82, 2.24) is 19.5 Å². The van der Waals surface area contributed by atoms with E-state index in [1.807, 2.05) is 6.26 Å². The molecule has 8 heteroatoms. The number of aromatic amines is 1. The summed E-state index contributed by atoms with van der Waals surface area (Å²) < 4.78 is 0.979. The molecule has 0 fully saturated rings. The minimum Gasteiger partial charge on any atom is -0.291 e. The summed E-state index contributed by atoms with van der Waals surface area (Å²) in [5.41, 5.74) is -0.560. The van der Waals surface area contributed by atoms with Crippen LogP contribution in [0.1, 0.15) is 0 Å². The molecule has 3 aromatic rings. The second-order valence-electron chi connectivity index (χ2n) is 4.14. The van der Waals surface area contributed by atoms with E-state index in [2.05, 4.69) is 15.0 Å². The Kier molecular flexibility index (Phi) is 3.52. The van der Waals surface area contributed by atoms with E-state index in [1.54, 1.807) is 24.3 Å². The van der Waals surface area contributed by atoms with Gasteiger partial charge in [-0.3, -0.25) is 9.78 Å². The Hall–Kier alpha value is -2.12. The number of benzene rings is 1. The molecule has 0 amide bonds. The van der Waals surface area contributed by atoms with Crippen molar-refractivity contribution in [2.45, 2.75) is 5.16 Å². The lowest BCUT2D eigenvalue weighted by Crippen LogP contribution is -2.34. The van der Waals surface area contributed by atoms with E-state index < -0.39 is 11.2 Å². The van der Waals surface area contributed by atoms with Gasteiger partial charge in [0, 0.05) is 6.20 Å². The molecule has 0 unspecified atom stereocenters. The molecule has 0 aliphatic heterocycles. The molecule has 3 rings (SSSR count). The molecule has 21 heavy (non-hydrogen) atoms. The van der Waals surface area contributed by atoms with Crippen LogP contribution in [0.4, 0.5) is 0 Å². The molecule has 0 saturated heterocycles. The predicted octanol–water partition coefficient (Wildman–Crippen LogP) is 1.84. The van der Waals surface area contributed by atoms with E-state index in [1.165, 1.54) is 18.0 Å². The molecule has 2 aromatic heterocycles. The van der Waals surface area contributed by atoms with Crippen LogP contribution in [0.15, 0.2) is 45.2 Å². The van der Waals surface area contributed by atoms with Gasteiger partial charge >= 0.3 is 5.69 Å². The number of para-hydroxylation sites is 1. The van der Waals surface area contributed by atoms with Crippen molar-refractivity contribution >= 4 is 34.4 Å². The average molecular weight is 321 g/mol. The summed E-state index contributed by atoms with van der Waals surface area (Å²) in [5.74, 6) is 0. The summed E-state index contributed by atoms with van der Waals surface area (Å²) in [6, 6.07) is 6.63. The number of halogens is 1. The van der Waals surface area contributed by atoms with Gasteiger partial charge in [0.2, 0.25) is 0 Å². The van der Waals surface area contributed by atoms with Crippen molar-refractivity contribution in [3.63, 3.8) is 0 Å². The number of thioether (sulfide) groups is 1. The van der Waals surface area contributed by atoms with Crippen LogP contribution in [0, 0.1) is 0 Å². The molecule has 0 atom stereocenters. The highest BCUT2D eigenvalue weighted by Crippen LogP contribution is 2.17. The lowest BCUT2D eigenvalue weighted by molar-refractivity contribution is 0.878. The maximum Gasteiger partial charge on any atom is 0.334 e. The number of H-pyrrole nitrogens is 1. The van der Waals surface area contributed by atoms with Crippen molar-refractivity contribution in [2.75, 3.05) is 6.26 Å². The maximum atomic E-state index is 12.5. The monoisotopic (exact) mass is 320 g/mol. The Morgan fingerprint density at radius 3 is 2.76 bits per heavy atom. The Labute approximate surface area is 127 Å². The number of aromatic nitrogens is 4. The van der Waals surface area contributed by atoms with Crippen molar-refractivity contribution in [3.05, 3.63) is 56.3 Å². The molecule has 0 spiro atoms.